The Balaban J connectivity index is 2.86. The molecule has 0 saturated carbocycles. The van der Waals surface area contributed by atoms with Gasteiger partial charge in [0.25, 0.3) is 0 Å². The van der Waals surface area contributed by atoms with E-state index in [2.05, 4.69) is 0 Å². The standard InChI is InChI=1S/C10H14FNO/c1-10(2,3)13-7-4-5-9(12)8(11)6-7/h4-6H,12H2,1-3H3. The molecular formula is C10H14FNO. The molecule has 1 aromatic carbocycles. The van der Waals surface area contributed by atoms with E-state index in [1.165, 1.54) is 12.1 Å². The highest BCUT2D eigenvalue weighted by Gasteiger charge is 2.12. The summed E-state index contributed by atoms with van der Waals surface area (Å²) in [6.07, 6.45) is 0. The summed E-state index contributed by atoms with van der Waals surface area (Å²) in [5, 5.41) is 0. The summed E-state index contributed by atoms with van der Waals surface area (Å²) < 4.78 is 18.4. The molecule has 0 amide bonds. The van der Waals surface area contributed by atoms with Gasteiger partial charge in [-0.1, -0.05) is 0 Å². The van der Waals surface area contributed by atoms with E-state index in [4.69, 9.17) is 10.5 Å². The Labute approximate surface area is 77.5 Å². The molecule has 2 nitrogen and oxygen atoms in total. The van der Waals surface area contributed by atoms with Gasteiger partial charge in [-0.15, -0.1) is 0 Å². The maximum absolute atomic E-state index is 12.9. The summed E-state index contributed by atoms with van der Waals surface area (Å²) in [4.78, 5) is 0. The smallest absolute Gasteiger partial charge is 0.149 e. The van der Waals surface area contributed by atoms with Crippen molar-refractivity contribution in [3.05, 3.63) is 24.0 Å². The normalized spacial score (nSPS) is 11.4. The van der Waals surface area contributed by atoms with Crippen molar-refractivity contribution in [2.24, 2.45) is 0 Å². The zero-order valence-corrected chi connectivity index (χ0v) is 8.10. The molecule has 13 heavy (non-hydrogen) atoms. The summed E-state index contributed by atoms with van der Waals surface area (Å²) in [5.74, 6) is 0.0564. The number of anilines is 1. The molecule has 0 aliphatic rings. The molecule has 3 heteroatoms. The molecule has 1 aromatic rings. The number of nitrogens with two attached hydrogens (primary N) is 1. The maximum Gasteiger partial charge on any atom is 0.149 e. The van der Waals surface area contributed by atoms with Crippen LogP contribution in [0.15, 0.2) is 18.2 Å². The number of nitrogen functional groups attached to an aromatic ring is 1. The van der Waals surface area contributed by atoms with Gasteiger partial charge in [-0.3, -0.25) is 0 Å². The van der Waals surface area contributed by atoms with Crippen molar-refractivity contribution in [2.75, 3.05) is 5.73 Å². The molecule has 0 unspecified atom stereocenters. The molecule has 0 aromatic heterocycles. The summed E-state index contributed by atoms with van der Waals surface area (Å²) in [6.45, 7) is 5.71. The van der Waals surface area contributed by atoms with Gasteiger partial charge in [0.2, 0.25) is 0 Å². The van der Waals surface area contributed by atoms with Crippen molar-refractivity contribution in [2.45, 2.75) is 26.4 Å². The van der Waals surface area contributed by atoms with Crippen LogP contribution in [0.2, 0.25) is 0 Å². The van der Waals surface area contributed by atoms with Crippen molar-refractivity contribution >= 4 is 5.69 Å². The Bertz CT molecular complexity index is 304. The predicted octanol–water partition coefficient (Wildman–Crippen LogP) is 2.59. The minimum atomic E-state index is -0.443. The fourth-order valence-electron chi connectivity index (χ4n) is 0.925. The van der Waals surface area contributed by atoms with Crippen LogP contribution >= 0.6 is 0 Å². The second-order valence-corrected chi connectivity index (χ2v) is 3.90. The highest BCUT2D eigenvalue weighted by atomic mass is 19.1. The van der Waals surface area contributed by atoms with E-state index in [-0.39, 0.29) is 11.3 Å². The average molecular weight is 183 g/mol. The van der Waals surface area contributed by atoms with Gasteiger partial charge in [-0.25, -0.2) is 4.39 Å². The maximum atomic E-state index is 12.9. The number of hydrogen-bond donors (Lipinski definition) is 1. The third-order valence-electron chi connectivity index (χ3n) is 1.40. The van der Waals surface area contributed by atoms with Crippen molar-refractivity contribution in [1.29, 1.82) is 0 Å². The average Bonchev–Trinajstić information content (AvgIpc) is 1.94. The van der Waals surface area contributed by atoms with E-state index < -0.39 is 5.82 Å². The van der Waals surface area contributed by atoms with Crippen LogP contribution in [0, 0.1) is 5.82 Å². The summed E-state index contributed by atoms with van der Waals surface area (Å²) >= 11 is 0. The number of rotatable bonds is 1. The van der Waals surface area contributed by atoms with E-state index in [1.54, 1.807) is 6.07 Å². The van der Waals surface area contributed by atoms with Crippen molar-refractivity contribution in [1.82, 2.24) is 0 Å². The zero-order valence-electron chi connectivity index (χ0n) is 8.10. The minimum absolute atomic E-state index is 0.140. The first-order valence-electron chi connectivity index (χ1n) is 4.12. The fourth-order valence-corrected chi connectivity index (χ4v) is 0.925. The van der Waals surface area contributed by atoms with E-state index in [0.29, 0.717) is 5.75 Å². The van der Waals surface area contributed by atoms with Crippen molar-refractivity contribution in [3.63, 3.8) is 0 Å². The summed E-state index contributed by atoms with van der Waals surface area (Å²) in [7, 11) is 0. The Hall–Kier alpha value is -1.25. The largest absolute Gasteiger partial charge is 0.488 e. The van der Waals surface area contributed by atoms with Gasteiger partial charge < -0.3 is 10.5 Å². The molecule has 0 fully saturated rings. The van der Waals surface area contributed by atoms with Crippen LogP contribution in [0.3, 0.4) is 0 Å². The quantitative estimate of drug-likeness (QED) is 0.679. The third-order valence-corrected chi connectivity index (χ3v) is 1.40. The lowest BCUT2D eigenvalue weighted by molar-refractivity contribution is 0.130. The van der Waals surface area contributed by atoms with Crippen LogP contribution in [0.4, 0.5) is 10.1 Å². The predicted molar refractivity (Wildman–Crippen MR) is 51.2 cm³/mol. The molecular weight excluding hydrogens is 169 g/mol. The lowest BCUT2D eigenvalue weighted by Gasteiger charge is -2.21. The van der Waals surface area contributed by atoms with Gasteiger partial charge in [0.15, 0.2) is 0 Å². The van der Waals surface area contributed by atoms with Gasteiger partial charge in [0.05, 0.1) is 5.69 Å². The molecule has 2 N–H and O–H groups in total. The Morgan fingerprint density at radius 1 is 1.31 bits per heavy atom. The van der Waals surface area contributed by atoms with Crippen LogP contribution in [0.5, 0.6) is 5.75 Å². The monoisotopic (exact) mass is 183 g/mol. The van der Waals surface area contributed by atoms with E-state index >= 15 is 0 Å². The highest BCUT2D eigenvalue weighted by molar-refractivity contribution is 5.43. The molecule has 0 saturated heterocycles. The number of ether oxygens (including phenoxy) is 1. The first-order valence-corrected chi connectivity index (χ1v) is 4.12. The second-order valence-electron chi connectivity index (χ2n) is 3.90. The molecule has 72 valence electrons. The minimum Gasteiger partial charge on any atom is -0.488 e. The lowest BCUT2D eigenvalue weighted by atomic mass is 10.2. The van der Waals surface area contributed by atoms with Gasteiger partial charge in [-0.2, -0.15) is 0 Å². The Morgan fingerprint density at radius 3 is 2.38 bits per heavy atom. The Morgan fingerprint density at radius 2 is 1.92 bits per heavy atom. The van der Waals surface area contributed by atoms with E-state index in [9.17, 15) is 4.39 Å². The van der Waals surface area contributed by atoms with E-state index in [1.807, 2.05) is 20.8 Å². The molecule has 0 aliphatic heterocycles. The van der Waals surface area contributed by atoms with E-state index in [0.717, 1.165) is 0 Å². The Kier molecular flexibility index (Phi) is 2.45. The van der Waals surface area contributed by atoms with Crippen molar-refractivity contribution < 1.29 is 9.13 Å². The molecule has 0 radical (unpaired) electrons. The highest BCUT2D eigenvalue weighted by Crippen LogP contribution is 2.21. The number of halogens is 1. The van der Waals surface area contributed by atoms with Crippen LogP contribution in [-0.2, 0) is 0 Å². The van der Waals surface area contributed by atoms with Gasteiger partial charge in [0, 0.05) is 6.07 Å². The SMILES string of the molecule is CC(C)(C)Oc1ccc(N)c(F)c1. The molecule has 0 aliphatic carbocycles. The van der Waals surface area contributed by atoms with Crippen LogP contribution in [0.1, 0.15) is 20.8 Å². The number of benzene rings is 1. The van der Waals surface area contributed by atoms with Crippen LogP contribution in [-0.4, -0.2) is 5.60 Å². The third kappa shape index (κ3) is 2.93. The topological polar surface area (TPSA) is 35.2 Å². The van der Waals surface area contributed by atoms with Crippen LogP contribution < -0.4 is 10.5 Å². The fraction of sp³-hybridized carbons (Fsp3) is 0.400. The van der Waals surface area contributed by atoms with Crippen molar-refractivity contribution in [3.8, 4) is 5.75 Å². The summed E-state index contributed by atoms with van der Waals surface area (Å²) in [5.41, 5.74) is 5.15. The summed E-state index contributed by atoms with van der Waals surface area (Å²) in [6, 6.07) is 4.45. The molecule has 0 atom stereocenters. The number of hydrogen-bond acceptors (Lipinski definition) is 2. The first kappa shape index (κ1) is 9.84. The molecule has 0 spiro atoms. The molecule has 1 rings (SSSR count). The zero-order chi connectivity index (χ0) is 10.1. The van der Waals surface area contributed by atoms with Gasteiger partial charge in [-0.05, 0) is 32.9 Å². The molecule has 0 bridgehead atoms. The van der Waals surface area contributed by atoms with Gasteiger partial charge >= 0.3 is 0 Å². The van der Waals surface area contributed by atoms with Gasteiger partial charge in [0.1, 0.15) is 17.2 Å². The second kappa shape index (κ2) is 3.24. The lowest BCUT2D eigenvalue weighted by Crippen LogP contribution is -2.23. The molecule has 0 heterocycles. The van der Waals surface area contributed by atoms with Crippen LogP contribution in [0.25, 0.3) is 0 Å². The first-order chi connectivity index (χ1) is 5.88.